The number of hydrogen-bond acceptors (Lipinski definition) is 4. The van der Waals surface area contributed by atoms with Crippen molar-refractivity contribution in [3.05, 3.63) is 83.5 Å². The van der Waals surface area contributed by atoms with Crippen LogP contribution in [0.4, 0.5) is 13.2 Å². The number of rotatable bonds is 5. The molecule has 0 unspecified atom stereocenters. The Bertz CT molecular complexity index is 1400. The maximum atomic E-state index is 13.8. The van der Waals surface area contributed by atoms with Gasteiger partial charge in [-0.25, -0.2) is 0 Å². The van der Waals surface area contributed by atoms with Gasteiger partial charge in [0.15, 0.2) is 5.69 Å². The molecule has 3 heterocycles. The van der Waals surface area contributed by atoms with Crippen molar-refractivity contribution in [2.45, 2.75) is 51.2 Å². The summed E-state index contributed by atoms with van der Waals surface area (Å²) in [5.41, 5.74) is 2.34. The molecule has 38 heavy (non-hydrogen) atoms. The molecular weight excluding hydrogens is 491 g/mol. The maximum Gasteiger partial charge on any atom is 0.418 e. The van der Waals surface area contributed by atoms with Crippen LogP contribution < -0.4 is 5.32 Å². The molecular formula is C29H30F3N5O. The molecule has 1 aromatic carbocycles. The first kappa shape index (κ1) is 25.9. The van der Waals surface area contributed by atoms with Crippen molar-refractivity contribution in [3.8, 4) is 11.1 Å². The minimum atomic E-state index is -4.61. The van der Waals surface area contributed by atoms with Crippen LogP contribution in [0.3, 0.4) is 0 Å². The Morgan fingerprint density at radius 2 is 1.76 bits per heavy atom. The van der Waals surface area contributed by atoms with E-state index in [9.17, 15) is 18.0 Å². The number of allylic oxidation sites excluding steroid dienone is 5. The molecule has 1 fully saturated rings. The first-order chi connectivity index (χ1) is 18.4. The van der Waals surface area contributed by atoms with Crippen LogP contribution in [0.5, 0.6) is 0 Å². The van der Waals surface area contributed by atoms with E-state index in [-0.39, 0.29) is 11.4 Å². The lowest BCUT2D eigenvalue weighted by atomic mass is 10.0. The van der Waals surface area contributed by atoms with Crippen molar-refractivity contribution in [3.63, 3.8) is 0 Å². The topological polar surface area (TPSA) is 73.9 Å². The lowest BCUT2D eigenvalue weighted by Gasteiger charge is -2.26. The monoisotopic (exact) mass is 521 g/mol. The van der Waals surface area contributed by atoms with Crippen LogP contribution in [0.2, 0.25) is 0 Å². The summed E-state index contributed by atoms with van der Waals surface area (Å²) in [6.07, 6.45) is 10.1. The third-order valence-corrected chi connectivity index (χ3v) is 6.92. The summed E-state index contributed by atoms with van der Waals surface area (Å²) in [6.45, 7) is 3.00. The highest BCUT2D eigenvalue weighted by atomic mass is 19.4. The van der Waals surface area contributed by atoms with Crippen molar-refractivity contribution >= 4 is 16.8 Å². The van der Waals surface area contributed by atoms with Crippen molar-refractivity contribution in [2.24, 2.45) is 0 Å². The predicted molar refractivity (Wildman–Crippen MR) is 141 cm³/mol. The molecule has 198 valence electrons. The fourth-order valence-electron chi connectivity index (χ4n) is 4.95. The fraction of sp³-hybridized carbons (Fsp3) is 0.345. The molecule has 0 atom stereocenters. The number of amides is 1. The smallest absolute Gasteiger partial charge is 0.320 e. The van der Waals surface area contributed by atoms with E-state index in [1.54, 1.807) is 12.3 Å². The second-order valence-corrected chi connectivity index (χ2v) is 9.77. The van der Waals surface area contributed by atoms with Crippen LogP contribution in [0.15, 0.2) is 72.2 Å². The van der Waals surface area contributed by atoms with Crippen molar-refractivity contribution < 1.29 is 18.0 Å². The van der Waals surface area contributed by atoms with Crippen LogP contribution in [-0.2, 0) is 6.54 Å². The van der Waals surface area contributed by atoms with Gasteiger partial charge in [0.1, 0.15) is 0 Å². The molecule has 2 N–H and O–H groups in total. The largest absolute Gasteiger partial charge is 0.418 e. The summed E-state index contributed by atoms with van der Waals surface area (Å²) >= 11 is 0. The van der Waals surface area contributed by atoms with Crippen LogP contribution >= 0.6 is 0 Å². The van der Waals surface area contributed by atoms with Crippen LogP contribution in [0.25, 0.3) is 22.0 Å². The van der Waals surface area contributed by atoms with E-state index in [4.69, 9.17) is 0 Å². The number of piperidine rings is 1. The molecule has 1 saturated heterocycles. The lowest BCUT2D eigenvalue weighted by molar-refractivity contribution is -0.0890. The number of nitrogens with one attached hydrogen (secondary N) is 2. The van der Waals surface area contributed by atoms with Gasteiger partial charge in [-0.15, -0.1) is 0 Å². The fourth-order valence-corrected chi connectivity index (χ4v) is 4.95. The van der Waals surface area contributed by atoms with Gasteiger partial charge in [0.05, 0.1) is 16.8 Å². The SMILES string of the molecule is O=C(NC1=C(C(F)(F)F)C=CCCC/C=C/1)c1n[nH]c2ccc(-c3cncc(CN4CCCCC4)c3)cc12. The van der Waals surface area contributed by atoms with E-state index in [1.807, 2.05) is 24.4 Å². The molecule has 1 aliphatic heterocycles. The molecule has 0 spiro atoms. The number of pyridine rings is 1. The Hall–Kier alpha value is -3.72. The molecule has 3 aromatic rings. The zero-order chi connectivity index (χ0) is 26.5. The third-order valence-electron chi connectivity index (χ3n) is 6.92. The Labute approximate surface area is 219 Å². The van der Waals surface area contributed by atoms with E-state index in [1.165, 1.54) is 31.4 Å². The van der Waals surface area contributed by atoms with E-state index in [0.717, 1.165) is 48.8 Å². The minimum absolute atomic E-state index is 0.0329. The molecule has 1 amide bonds. The van der Waals surface area contributed by atoms with Crippen LogP contribution in [-0.4, -0.2) is 45.3 Å². The molecule has 6 nitrogen and oxygen atoms in total. The maximum absolute atomic E-state index is 13.8. The van der Waals surface area contributed by atoms with Gasteiger partial charge in [0.25, 0.3) is 5.91 Å². The highest BCUT2D eigenvalue weighted by Gasteiger charge is 2.35. The number of alkyl halides is 3. The summed E-state index contributed by atoms with van der Waals surface area (Å²) in [6, 6.07) is 7.65. The van der Waals surface area contributed by atoms with Gasteiger partial charge in [-0.2, -0.15) is 18.3 Å². The number of carbonyl (C=O) groups is 1. The number of H-pyrrole nitrogens is 1. The molecule has 0 radical (unpaired) electrons. The van der Waals surface area contributed by atoms with Crippen molar-refractivity contribution in [1.82, 2.24) is 25.4 Å². The van der Waals surface area contributed by atoms with Gasteiger partial charge in [0.2, 0.25) is 0 Å². The van der Waals surface area contributed by atoms with Gasteiger partial charge in [0, 0.05) is 29.9 Å². The summed E-state index contributed by atoms with van der Waals surface area (Å²) in [5.74, 6) is -0.709. The van der Waals surface area contributed by atoms with E-state index in [0.29, 0.717) is 23.7 Å². The van der Waals surface area contributed by atoms with Crippen LogP contribution in [0, 0.1) is 0 Å². The summed E-state index contributed by atoms with van der Waals surface area (Å²) in [4.78, 5) is 20.1. The average molecular weight is 522 g/mol. The Morgan fingerprint density at radius 3 is 2.55 bits per heavy atom. The quantitative estimate of drug-likeness (QED) is 0.405. The highest BCUT2D eigenvalue weighted by molar-refractivity contribution is 6.06. The summed E-state index contributed by atoms with van der Waals surface area (Å²) < 4.78 is 41.3. The van der Waals surface area contributed by atoms with E-state index in [2.05, 4.69) is 31.5 Å². The van der Waals surface area contributed by atoms with E-state index >= 15 is 0 Å². The number of hydrogen-bond donors (Lipinski definition) is 2. The number of carbonyl (C=O) groups excluding carboxylic acids is 1. The molecule has 2 aliphatic rings. The van der Waals surface area contributed by atoms with Gasteiger partial charge >= 0.3 is 6.18 Å². The van der Waals surface area contributed by atoms with Gasteiger partial charge in [-0.3, -0.25) is 19.8 Å². The Balaban J connectivity index is 1.43. The molecule has 5 rings (SSSR count). The predicted octanol–water partition coefficient (Wildman–Crippen LogP) is 6.45. The average Bonchev–Trinajstić information content (AvgIpc) is 3.37. The molecule has 0 saturated carbocycles. The second kappa shape index (κ2) is 11.3. The first-order valence-electron chi connectivity index (χ1n) is 13.0. The molecule has 2 aromatic heterocycles. The zero-order valence-corrected chi connectivity index (χ0v) is 21.0. The number of benzene rings is 1. The second-order valence-electron chi connectivity index (χ2n) is 9.77. The van der Waals surface area contributed by atoms with Crippen molar-refractivity contribution in [1.29, 1.82) is 0 Å². The number of nitrogens with zero attached hydrogens (tertiary/aromatic N) is 3. The van der Waals surface area contributed by atoms with Gasteiger partial charge in [-0.1, -0.05) is 30.7 Å². The number of aromatic amines is 1. The summed E-state index contributed by atoms with van der Waals surface area (Å²) in [7, 11) is 0. The van der Waals surface area contributed by atoms with Gasteiger partial charge < -0.3 is 5.32 Å². The normalized spacial score (nSPS) is 18.2. The lowest BCUT2D eigenvalue weighted by Crippen LogP contribution is -2.29. The number of aromatic nitrogens is 3. The van der Waals surface area contributed by atoms with E-state index < -0.39 is 17.7 Å². The van der Waals surface area contributed by atoms with Crippen molar-refractivity contribution in [2.75, 3.05) is 13.1 Å². The highest BCUT2D eigenvalue weighted by Crippen LogP contribution is 2.31. The third kappa shape index (κ3) is 6.05. The number of likely N-dealkylation sites (tertiary alicyclic amines) is 1. The number of halogens is 3. The minimum Gasteiger partial charge on any atom is -0.320 e. The molecule has 1 aliphatic carbocycles. The molecule has 9 heteroatoms. The number of fused-ring (bicyclic) bond motifs is 1. The Morgan fingerprint density at radius 1 is 0.974 bits per heavy atom. The molecule has 0 bridgehead atoms. The standard InChI is InChI=1S/C29H30F3N5O/c30-29(31,32)24-9-5-2-1-3-6-10-26(24)34-28(38)27-23-16-21(11-12-25(23)35-36-27)22-15-20(17-33-18-22)19-37-13-7-4-8-14-37/h5-6,9-12,15-18H,1-4,7-8,13-14,19H2,(H,34,38)(H,35,36)/b9-5?,10-6+,26-24?. The summed E-state index contributed by atoms with van der Waals surface area (Å²) in [5, 5.41) is 9.94. The zero-order valence-electron chi connectivity index (χ0n) is 21.0. The Kier molecular flexibility index (Phi) is 7.74. The first-order valence-corrected chi connectivity index (χ1v) is 13.0. The van der Waals surface area contributed by atoms with Crippen LogP contribution in [0.1, 0.15) is 54.6 Å². The van der Waals surface area contributed by atoms with Gasteiger partial charge in [-0.05, 0) is 80.6 Å².